The fourth-order valence-corrected chi connectivity index (χ4v) is 5.99. The van der Waals surface area contributed by atoms with Crippen molar-refractivity contribution < 1.29 is 19.1 Å². The van der Waals surface area contributed by atoms with Gasteiger partial charge in [-0.25, -0.2) is 9.97 Å². The Morgan fingerprint density at radius 1 is 1.10 bits per heavy atom. The molecule has 11 nitrogen and oxygen atoms in total. The molecule has 41 heavy (non-hydrogen) atoms. The second-order valence-electron chi connectivity index (χ2n) is 11.2. The Kier molecular flexibility index (Phi) is 6.32. The Bertz CT molecular complexity index is 1710. The molecule has 210 valence electrons. The quantitative estimate of drug-likeness (QED) is 0.343. The minimum Gasteiger partial charge on any atom is -0.481 e. The normalized spacial score (nSPS) is 21.0. The number of hydrogen-bond acceptors (Lipinski definition) is 8. The van der Waals surface area contributed by atoms with Crippen LogP contribution in [0.4, 0.5) is 5.82 Å². The molecule has 0 unspecified atom stereocenters. The van der Waals surface area contributed by atoms with E-state index >= 15 is 0 Å². The standard InChI is InChI=1S/C30H31N7O4/c1-16-9-19(20-13-31-18(3)32-14-20)10-21-27(17(2)38)35-36(28(16)21)15-26(39)37-22(11-30(4)12-23(30)37)29(40)34-24-7-6-8-25(33-24)41-5/h6-10,13-14,22-23H,11-12,15H2,1-5H3,(H,33,34,40)/t22-,23+,30-/m0/s1. The number of methoxy groups -OCH3 is 1. The molecule has 1 saturated heterocycles. The summed E-state index contributed by atoms with van der Waals surface area (Å²) in [5.74, 6) is 0.715. The molecule has 4 aromatic rings. The molecule has 3 atom stereocenters. The van der Waals surface area contributed by atoms with E-state index < -0.39 is 6.04 Å². The van der Waals surface area contributed by atoms with Crippen molar-refractivity contribution in [2.75, 3.05) is 12.4 Å². The Hall–Kier alpha value is -4.67. The van der Waals surface area contributed by atoms with Crippen molar-refractivity contribution in [3.63, 3.8) is 0 Å². The molecule has 2 amide bonds. The number of aryl methyl sites for hydroxylation is 2. The molecule has 0 spiro atoms. The first-order valence-electron chi connectivity index (χ1n) is 13.5. The zero-order chi connectivity index (χ0) is 29.1. The molecular formula is C30H31N7O4. The zero-order valence-electron chi connectivity index (χ0n) is 23.6. The van der Waals surface area contributed by atoms with Crippen LogP contribution in [0.1, 0.15) is 48.6 Å². The average Bonchev–Trinajstić information content (AvgIpc) is 3.29. The Balaban J connectivity index is 1.31. The van der Waals surface area contributed by atoms with E-state index in [4.69, 9.17) is 4.74 Å². The summed E-state index contributed by atoms with van der Waals surface area (Å²) in [6.45, 7) is 7.23. The number of nitrogens with zero attached hydrogens (tertiary/aromatic N) is 6. The first kappa shape index (κ1) is 26.5. The van der Waals surface area contributed by atoms with Gasteiger partial charge in [0.1, 0.15) is 29.9 Å². The van der Waals surface area contributed by atoms with Crippen molar-refractivity contribution in [2.45, 2.75) is 59.2 Å². The topological polar surface area (TPSA) is 132 Å². The SMILES string of the molecule is COc1cccc(NC(=O)[C@@H]2C[C@@]3(C)C[C@H]3N2C(=O)Cn2nc(C(C)=O)c3cc(-c4cnc(C)nc4)cc(C)c32)n1. The maximum atomic E-state index is 13.9. The van der Waals surface area contributed by atoms with Gasteiger partial charge in [0.25, 0.3) is 0 Å². The van der Waals surface area contributed by atoms with Gasteiger partial charge in [-0.05, 0) is 61.4 Å². The first-order chi connectivity index (χ1) is 19.6. The fraction of sp³-hybridized carbons (Fsp3) is 0.367. The molecule has 1 N–H and O–H groups in total. The van der Waals surface area contributed by atoms with Gasteiger partial charge >= 0.3 is 0 Å². The molecule has 4 heterocycles. The highest BCUT2D eigenvalue weighted by Gasteiger charge is 2.64. The molecule has 3 aromatic heterocycles. The maximum Gasteiger partial charge on any atom is 0.248 e. The largest absolute Gasteiger partial charge is 0.481 e. The number of Topliss-reactive ketones (excluding diaryl/α,β-unsaturated/α-hetero) is 1. The van der Waals surface area contributed by atoms with E-state index in [9.17, 15) is 14.4 Å². The summed E-state index contributed by atoms with van der Waals surface area (Å²) in [6.07, 6.45) is 4.91. The van der Waals surface area contributed by atoms with Crippen molar-refractivity contribution in [3.05, 3.63) is 59.8 Å². The summed E-state index contributed by atoms with van der Waals surface area (Å²) < 4.78 is 6.75. The van der Waals surface area contributed by atoms with Crippen molar-refractivity contribution in [1.29, 1.82) is 0 Å². The molecule has 1 aliphatic heterocycles. The average molecular weight is 554 g/mol. The lowest BCUT2D eigenvalue weighted by Crippen LogP contribution is -2.46. The number of piperidine rings is 1. The van der Waals surface area contributed by atoms with Crippen LogP contribution in [0.15, 0.2) is 42.7 Å². The third-order valence-electron chi connectivity index (χ3n) is 8.18. The van der Waals surface area contributed by atoms with Gasteiger partial charge in [-0.2, -0.15) is 10.1 Å². The van der Waals surface area contributed by atoms with Crippen LogP contribution in [-0.4, -0.2) is 66.4 Å². The van der Waals surface area contributed by atoms with Crippen LogP contribution in [-0.2, 0) is 16.1 Å². The molecule has 1 aliphatic carbocycles. The Morgan fingerprint density at radius 2 is 1.85 bits per heavy atom. The van der Waals surface area contributed by atoms with Crippen molar-refractivity contribution >= 4 is 34.3 Å². The maximum absolute atomic E-state index is 13.9. The third kappa shape index (κ3) is 4.71. The summed E-state index contributed by atoms with van der Waals surface area (Å²) in [5, 5.41) is 8.10. The number of carbonyl (C=O) groups excluding carboxylic acids is 3. The summed E-state index contributed by atoms with van der Waals surface area (Å²) in [6, 6.07) is 8.34. The van der Waals surface area contributed by atoms with Crippen molar-refractivity contribution in [2.24, 2.45) is 5.41 Å². The van der Waals surface area contributed by atoms with E-state index in [1.54, 1.807) is 40.2 Å². The molecular weight excluding hydrogens is 522 g/mol. The Labute approximate surface area is 236 Å². The summed E-state index contributed by atoms with van der Waals surface area (Å²) in [4.78, 5) is 54.4. The molecule has 2 aliphatic rings. The molecule has 2 fully saturated rings. The number of ketones is 1. The lowest BCUT2D eigenvalue weighted by molar-refractivity contribution is -0.138. The summed E-state index contributed by atoms with van der Waals surface area (Å²) >= 11 is 0. The van der Waals surface area contributed by atoms with Gasteiger partial charge in [-0.1, -0.05) is 13.0 Å². The van der Waals surface area contributed by atoms with Crippen LogP contribution >= 0.6 is 0 Å². The number of hydrogen-bond donors (Lipinski definition) is 1. The highest BCUT2D eigenvalue weighted by molar-refractivity contribution is 6.07. The number of aromatic nitrogens is 5. The van der Waals surface area contributed by atoms with E-state index in [-0.39, 0.29) is 35.6 Å². The lowest BCUT2D eigenvalue weighted by atomic mass is 10.0. The predicted molar refractivity (Wildman–Crippen MR) is 151 cm³/mol. The van der Waals surface area contributed by atoms with Crippen LogP contribution < -0.4 is 10.1 Å². The van der Waals surface area contributed by atoms with E-state index in [0.717, 1.165) is 23.1 Å². The fourth-order valence-electron chi connectivity index (χ4n) is 5.99. The zero-order valence-corrected chi connectivity index (χ0v) is 23.6. The number of benzene rings is 1. The molecule has 0 radical (unpaired) electrons. The molecule has 11 heteroatoms. The van der Waals surface area contributed by atoms with Crippen LogP contribution in [0.25, 0.3) is 22.0 Å². The minimum absolute atomic E-state index is 0.0210. The lowest BCUT2D eigenvalue weighted by Gasteiger charge is -2.27. The number of amides is 2. The van der Waals surface area contributed by atoms with Crippen molar-refractivity contribution in [3.8, 4) is 17.0 Å². The number of anilines is 1. The van der Waals surface area contributed by atoms with E-state index in [0.29, 0.717) is 40.5 Å². The van der Waals surface area contributed by atoms with Gasteiger partial charge in [-0.3, -0.25) is 19.1 Å². The second kappa shape index (κ2) is 9.76. The third-order valence-corrected chi connectivity index (χ3v) is 8.18. The number of nitrogens with one attached hydrogen (secondary N) is 1. The summed E-state index contributed by atoms with van der Waals surface area (Å²) in [7, 11) is 1.51. The Morgan fingerprint density at radius 3 is 2.56 bits per heavy atom. The van der Waals surface area contributed by atoms with Crippen LogP contribution in [0.2, 0.25) is 0 Å². The van der Waals surface area contributed by atoms with Gasteiger partial charge in [0.15, 0.2) is 5.78 Å². The van der Waals surface area contributed by atoms with Gasteiger partial charge in [0.05, 0.1) is 12.6 Å². The number of likely N-dealkylation sites (tertiary alicyclic amines) is 1. The predicted octanol–water partition coefficient (Wildman–Crippen LogP) is 3.73. The van der Waals surface area contributed by atoms with E-state index in [1.165, 1.54) is 14.0 Å². The minimum atomic E-state index is -0.636. The van der Waals surface area contributed by atoms with Crippen LogP contribution in [0, 0.1) is 19.3 Å². The highest BCUT2D eigenvalue weighted by Crippen LogP contribution is 2.59. The van der Waals surface area contributed by atoms with Gasteiger partial charge in [0.2, 0.25) is 17.7 Å². The summed E-state index contributed by atoms with van der Waals surface area (Å²) in [5.41, 5.74) is 3.45. The number of ether oxygens (including phenoxy) is 1. The molecule has 1 aromatic carbocycles. The van der Waals surface area contributed by atoms with Crippen LogP contribution in [0.5, 0.6) is 5.88 Å². The van der Waals surface area contributed by atoms with Crippen LogP contribution in [0.3, 0.4) is 0 Å². The number of carbonyl (C=O) groups is 3. The smallest absolute Gasteiger partial charge is 0.248 e. The monoisotopic (exact) mass is 553 g/mol. The number of rotatable bonds is 7. The number of pyridine rings is 1. The van der Waals surface area contributed by atoms with Crippen molar-refractivity contribution in [1.82, 2.24) is 29.6 Å². The first-order valence-corrected chi connectivity index (χ1v) is 13.5. The highest BCUT2D eigenvalue weighted by atomic mass is 16.5. The van der Waals surface area contributed by atoms with Gasteiger partial charge in [0, 0.05) is 42.4 Å². The molecule has 6 rings (SSSR count). The second-order valence-corrected chi connectivity index (χ2v) is 11.2. The van der Waals surface area contributed by atoms with Gasteiger partial charge in [-0.15, -0.1) is 0 Å². The van der Waals surface area contributed by atoms with E-state index in [2.05, 4.69) is 32.3 Å². The van der Waals surface area contributed by atoms with E-state index in [1.807, 2.05) is 26.0 Å². The number of fused-ring (bicyclic) bond motifs is 2. The molecule has 1 saturated carbocycles. The molecule has 0 bridgehead atoms. The van der Waals surface area contributed by atoms with Gasteiger partial charge < -0.3 is 15.0 Å².